The highest BCUT2D eigenvalue weighted by Gasteiger charge is 2.31. The number of nitrogens with two attached hydrogens (primary N) is 2. The fourth-order valence-electron chi connectivity index (χ4n) is 4.27. The first-order valence-electron chi connectivity index (χ1n) is 13.1. The van der Waals surface area contributed by atoms with Crippen LogP contribution in [0.15, 0.2) is 54.7 Å². The van der Waals surface area contributed by atoms with Crippen LogP contribution in [0.25, 0.3) is 10.9 Å². The maximum Gasteiger partial charge on any atom is 0.327 e. The van der Waals surface area contributed by atoms with Gasteiger partial charge in [0.05, 0.1) is 6.04 Å². The fraction of sp³-hybridized carbons (Fsp3) is 0.321. The molecule has 0 radical (unpaired) electrons. The Morgan fingerprint density at radius 1 is 0.857 bits per heavy atom. The molecular formula is C28H34N6O7S. The van der Waals surface area contributed by atoms with E-state index in [1.54, 1.807) is 18.3 Å². The first-order valence-corrected chi connectivity index (χ1v) is 13.7. The minimum atomic E-state index is -1.31. The molecule has 2 aromatic carbocycles. The van der Waals surface area contributed by atoms with Gasteiger partial charge >= 0.3 is 5.97 Å². The third kappa shape index (κ3) is 8.97. The molecule has 13 nitrogen and oxygen atoms in total. The van der Waals surface area contributed by atoms with Crippen LogP contribution < -0.4 is 27.4 Å². The SMILES string of the molecule is NC(=O)CCC(NC(=O)C(N)Cc1ccc(O)cc1)C(=O)NC(Cc1c[nH]c2ccccc12)C(=O)NC(CS)C(=O)O. The van der Waals surface area contributed by atoms with Crippen LogP contribution in [0.4, 0.5) is 0 Å². The average molecular weight is 599 g/mol. The molecular weight excluding hydrogens is 564 g/mol. The van der Waals surface area contributed by atoms with Gasteiger partial charge in [0.15, 0.2) is 0 Å². The van der Waals surface area contributed by atoms with E-state index < -0.39 is 53.8 Å². The lowest BCUT2D eigenvalue weighted by Crippen LogP contribution is -2.58. The molecule has 0 saturated carbocycles. The molecule has 1 aromatic heterocycles. The van der Waals surface area contributed by atoms with E-state index in [0.717, 1.165) is 10.9 Å². The summed E-state index contributed by atoms with van der Waals surface area (Å²) in [6, 6.07) is 8.49. The number of fused-ring (bicyclic) bond motifs is 1. The summed E-state index contributed by atoms with van der Waals surface area (Å²) in [4.78, 5) is 65.7. The number of hydrogen-bond donors (Lipinski definition) is 9. The molecule has 4 unspecified atom stereocenters. The Kier molecular flexibility index (Phi) is 11.3. The van der Waals surface area contributed by atoms with E-state index >= 15 is 0 Å². The summed E-state index contributed by atoms with van der Waals surface area (Å²) in [5, 5.41) is 27.1. The van der Waals surface area contributed by atoms with Crippen molar-refractivity contribution in [3.8, 4) is 5.75 Å². The normalized spacial score (nSPS) is 13.9. The van der Waals surface area contributed by atoms with E-state index in [2.05, 4.69) is 33.6 Å². The Morgan fingerprint density at radius 2 is 1.48 bits per heavy atom. The summed E-state index contributed by atoms with van der Waals surface area (Å²) in [7, 11) is 0. The number of carbonyl (C=O) groups excluding carboxylic acids is 4. The van der Waals surface area contributed by atoms with Crippen LogP contribution in [0, 0.1) is 0 Å². The highest BCUT2D eigenvalue weighted by atomic mass is 32.1. The molecule has 42 heavy (non-hydrogen) atoms. The Balaban J connectivity index is 1.81. The molecule has 224 valence electrons. The quantitative estimate of drug-likeness (QED) is 0.105. The Hall–Kier alpha value is -4.56. The third-order valence-electron chi connectivity index (χ3n) is 6.57. The van der Waals surface area contributed by atoms with Crippen molar-refractivity contribution >= 4 is 53.1 Å². The van der Waals surface area contributed by atoms with Crippen LogP contribution >= 0.6 is 12.6 Å². The van der Waals surface area contributed by atoms with Crippen LogP contribution in [-0.2, 0) is 36.8 Å². The number of carboxylic acid groups (broad SMARTS) is 1. The van der Waals surface area contributed by atoms with Crippen molar-refractivity contribution in [2.45, 2.75) is 49.9 Å². The summed E-state index contributed by atoms with van der Waals surface area (Å²) in [5.74, 6) is -4.41. The van der Waals surface area contributed by atoms with Gasteiger partial charge in [0.1, 0.15) is 23.9 Å². The van der Waals surface area contributed by atoms with Gasteiger partial charge in [0.25, 0.3) is 0 Å². The number of phenols is 1. The maximum absolute atomic E-state index is 13.4. The summed E-state index contributed by atoms with van der Waals surface area (Å²) in [6.07, 6.45) is 1.35. The maximum atomic E-state index is 13.4. The molecule has 0 aliphatic heterocycles. The standard InChI is InChI=1S/C28H34N6O7S/c29-19(11-15-5-7-17(35)8-6-15)25(37)32-21(9-10-24(30)36)26(38)33-22(27(39)34-23(14-42)28(40)41)12-16-13-31-20-4-2-1-3-18(16)20/h1-8,13,19,21-23,31,35,42H,9-12,14,29H2,(H2,30,36)(H,32,37)(H,33,38)(H,34,39)(H,40,41). The van der Waals surface area contributed by atoms with Gasteiger partial charge in [-0.15, -0.1) is 0 Å². The van der Waals surface area contributed by atoms with Gasteiger partial charge in [0.2, 0.25) is 23.6 Å². The zero-order valence-electron chi connectivity index (χ0n) is 22.6. The number of para-hydroxylation sites is 1. The van der Waals surface area contributed by atoms with Crippen LogP contribution in [-0.4, -0.2) is 74.7 Å². The van der Waals surface area contributed by atoms with E-state index in [9.17, 15) is 34.2 Å². The fourth-order valence-corrected chi connectivity index (χ4v) is 4.52. The minimum absolute atomic E-state index is 0.0165. The molecule has 3 aromatic rings. The first-order chi connectivity index (χ1) is 20.0. The van der Waals surface area contributed by atoms with Gasteiger partial charge in [-0.1, -0.05) is 30.3 Å². The second-order valence-corrected chi connectivity index (χ2v) is 10.1. The second-order valence-electron chi connectivity index (χ2n) is 9.75. The van der Waals surface area contributed by atoms with Crippen molar-refractivity contribution in [1.82, 2.24) is 20.9 Å². The highest BCUT2D eigenvalue weighted by Crippen LogP contribution is 2.19. The predicted octanol–water partition coefficient (Wildman–Crippen LogP) is -0.280. The molecule has 10 N–H and O–H groups in total. The molecule has 0 spiro atoms. The van der Waals surface area contributed by atoms with Crippen LogP contribution in [0.2, 0.25) is 0 Å². The number of rotatable bonds is 15. The number of aromatic nitrogens is 1. The number of benzene rings is 2. The number of carbonyl (C=O) groups is 5. The summed E-state index contributed by atoms with van der Waals surface area (Å²) in [5.41, 5.74) is 13.5. The summed E-state index contributed by atoms with van der Waals surface area (Å²) in [6.45, 7) is 0. The lowest BCUT2D eigenvalue weighted by Gasteiger charge is -2.25. The monoisotopic (exact) mass is 598 g/mol. The molecule has 4 atom stereocenters. The first kappa shape index (κ1) is 32.0. The smallest absolute Gasteiger partial charge is 0.327 e. The number of amides is 4. The van der Waals surface area contributed by atoms with Gasteiger partial charge in [-0.05, 0) is 42.2 Å². The van der Waals surface area contributed by atoms with Crippen molar-refractivity contribution in [3.63, 3.8) is 0 Å². The van der Waals surface area contributed by atoms with E-state index in [-0.39, 0.29) is 37.2 Å². The number of primary amides is 1. The molecule has 0 bridgehead atoms. The van der Waals surface area contributed by atoms with E-state index in [1.165, 1.54) is 12.1 Å². The van der Waals surface area contributed by atoms with Crippen molar-refractivity contribution in [2.75, 3.05) is 5.75 Å². The zero-order valence-corrected chi connectivity index (χ0v) is 23.5. The number of aromatic hydroxyl groups is 1. The number of hydrogen-bond acceptors (Lipinski definition) is 8. The molecule has 0 saturated heterocycles. The summed E-state index contributed by atoms with van der Waals surface area (Å²) >= 11 is 3.98. The van der Waals surface area contributed by atoms with Gasteiger partial charge < -0.3 is 42.6 Å². The molecule has 0 fully saturated rings. The molecule has 1 heterocycles. The average Bonchev–Trinajstić information content (AvgIpc) is 3.36. The minimum Gasteiger partial charge on any atom is -0.508 e. The van der Waals surface area contributed by atoms with Crippen LogP contribution in [0.5, 0.6) is 5.75 Å². The Labute approximate surface area is 246 Å². The number of carboxylic acids is 1. The van der Waals surface area contributed by atoms with Gasteiger partial charge in [-0.25, -0.2) is 4.79 Å². The summed E-state index contributed by atoms with van der Waals surface area (Å²) < 4.78 is 0. The lowest BCUT2D eigenvalue weighted by atomic mass is 10.0. The molecule has 3 rings (SSSR count). The number of aliphatic carboxylic acids is 1. The highest BCUT2D eigenvalue weighted by molar-refractivity contribution is 7.80. The van der Waals surface area contributed by atoms with Crippen molar-refractivity contribution in [1.29, 1.82) is 0 Å². The van der Waals surface area contributed by atoms with E-state index in [4.69, 9.17) is 11.5 Å². The van der Waals surface area contributed by atoms with Crippen molar-refractivity contribution in [3.05, 3.63) is 65.9 Å². The van der Waals surface area contributed by atoms with Crippen LogP contribution in [0.1, 0.15) is 24.0 Å². The lowest BCUT2D eigenvalue weighted by molar-refractivity contribution is -0.141. The predicted molar refractivity (Wildman–Crippen MR) is 157 cm³/mol. The molecule has 0 aliphatic rings. The van der Waals surface area contributed by atoms with Crippen LogP contribution in [0.3, 0.4) is 0 Å². The topological polar surface area (TPSA) is 230 Å². The Bertz CT molecular complexity index is 1430. The molecule has 14 heteroatoms. The largest absolute Gasteiger partial charge is 0.508 e. The second kappa shape index (κ2) is 14.9. The zero-order chi connectivity index (χ0) is 30.8. The van der Waals surface area contributed by atoms with Gasteiger partial charge in [-0.3, -0.25) is 19.2 Å². The van der Waals surface area contributed by atoms with Gasteiger partial charge in [0, 0.05) is 35.7 Å². The number of nitrogens with one attached hydrogen (secondary N) is 4. The van der Waals surface area contributed by atoms with Crippen molar-refractivity contribution in [2.24, 2.45) is 11.5 Å². The number of aromatic amines is 1. The van der Waals surface area contributed by atoms with Crippen molar-refractivity contribution < 1.29 is 34.2 Å². The van der Waals surface area contributed by atoms with E-state index in [0.29, 0.717) is 11.1 Å². The number of phenolic OH excluding ortho intramolecular Hbond substituents is 1. The van der Waals surface area contributed by atoms with Gasteiger partial charge in [-0.2, -0.15) is 12.6 Å². The molecule has 4 amide bonds. The van der Waals surface area contributed by atoms with E-state index in [1.807, 2.05) is 24.3 Å². The third-order valence-corrected chi connectivity index (χ3v) is 6.94. The number of H-pyrrole nitrogens is 1. The Morgan fingerprint density at radius 3 is 2.12 bits per heavy atom. The molecule has 0 aliphatic carbocycles. The number of thiol groups is 1.